The minimum absolute atomic E-state index is 0.134. The van der Waals surface area contributed by atoms with Gasteiger partial charge in [0.05, 0.1) is 0 Å². The van der Waals surface area contributed by atoms with Gasteiger partial charge in [0, 0.05) is 5.56 Å². The first kappa shape index (κ1) is 27.0. The highest BCUT2D eigenvalue weighted by atomic mass is 19.4. The van der Waals surface area contributed by atoms with Crippen molar-refractivity contribution in [1.82, 2.24) is 0 Å². The molecule has 2 fully saturated rings. The number of alkyl halides is 3. The fourth-order valence-electron chi connectivity index (χ4n) is 7.14. The first-order chi connectivity index (χ1) is 18.3. The van der Waals surface area contributed by atoms with Crippen LogP contribution in [0.3, 0.4) is 0 Å². The van der Waals surface area contributed by atoms with E-state index >= 15 is 4.39 Å². The quantitative estimate of drug-likeness (QED) is 0.269. The summed E-state index contributed by atoms with van der Waals surface area (Å²) < 4.78 is 56.5. The number of allylic oxidation sites excluding steroid dienone is 3. The molecule has 3 aliphatic rings. The van der Waals surface area contributed by atoms with Crippen molar-refractivity contribution in [3.63, 3.8) is 0 Å². The van der Waals surface area contributed by atoms with Crippen LogP contribution in [0.5, 0.6) is 5.75 Å². The first-order valence-corrected chi connectivity index (χ1v) is 14.3. The van der Waals surface area contributed by atoms with Crippen LogP contribution >= 0.6 is 0 Å². The molecular weight excluding hydrogens is 488 g/mol. The van der Waals surface area contributed by atoms with Gasteiger partial charge in [-0.3, -0.25) is 0 Å². The molecule has 2 saturated carbocycles. The molecule has 0 spiro atoms. The lowest BCUT2D eigenvalue weighted by molar-refractivity contribution is -0.274. The Labute approximate surface area is 224 Å². The minimum atomic E-state index is -4.69. The Morgan fingerprint density at radius 3 is 1.95 bits per heavy atom. The maximum absolute atomic E-state index is 15.3. The lowest BCUT2D eigenvalue weighted by Gasteiger charge is -2.37. The van der Waals surface area contributed by atoms with Crippen molar-refractivity contribution < 1.29 is 22.3 Å². The summed E-state index contributed by atoms with van der Waals surface area (Å²) >= 11 is 0. The second-order valence-electron chi connectivity index (χ2n) is 11.6. The Balaban J connectivity index is 1.15. The zero-order valence-electron chi connectivity index (χ0n) is 22.0. The van der Waals surface area contributed by atoms with Crippen LogP contribution in [0, 0.1) is 23.6 Å². The van der Waals surface area contributed by atoms with Crippen molar-refractivity contribution in [3.8, 4) is 5.75 Å². The predicted molar refractivity (Wildman–Crippen MR) is 144 cm³/mol. The van der Waals surface area contributed by atoms with Gasteiger partial charge < -0.3 is 4.74 Å². The first-order valence-electron chi connectivity index (χ1n) is 14.3. The molecule has 2 aromatic carbocycles. The van der Waals surface area contributed by atoms with Gasteiger partial charge in [-0.15, -0.1) is 19.8 Å². The van der Waals surface area contributed by atoms with Crippen LogP contribution in [-0.2, 0) is 0 Å². The number of benzene rings is 2. The van der Waals surface area contributed by atoms with E-state index in [1.807, 2.05) is 6.07 Å². The molecule has 3 aliphatic carbocycles. The van der Waals surface area contributed by atoms with Gasteiger partial charge in [-0.05, 0) is 135 Å². The minimum Gasteiger partial charge on any atom is -0.406 e. The Morgan fingerprint density at radius 2 is 1.39 bits per heavy atom. The van der Waals surface area contributed by atoms with Crippen LogP contribution in [0.1, 0.15) is 99.2 Å². The molecule has 1 nitrogen and oxygen atoms in total. The second kappa shape index (κ2) is 11.7. The van der Waals surface area contributed by atoms with Crippen LogP contribution in [0.25, 0.3) is 5.57 Å². The van der Waals surface area contributed by atoms with E-state index in [-0.39, 0.29) is 17.5 Å². The fraction of sp³-hybridized carbons (Fsp3) is 0.515. The van der Waals surface area contributed by atoms with Crippen LogP contribution in [0.4, 0.5) is 17.6 Å². The third-order valence-corrected chi connectivity index (χ3v) is 9.39. The Kier molecular flexibility index (Phi) is 8.30. The maximum Gasteiger partial charge on any atom is 0.573 e. The Bertz CT molecular complexity index is 1120. The molecule has 5 rings (SSSR count). The van der Waals surface area contributed by atoms with E-state index in [1.54, 1.807) is 18.2 Å². The monoisotopic (exact) mass is 526 g/mol. The molecule has 1 unspecified atom stereocenters. The van der Waals surface area contributed by atoms with E-state index in [1.165, 1.54) is 50.7 Å². The zero-order chi connectivity index (χ0) is 26.7. The molecule has 0 heterocycles. The van der Waals surface area contributed by atoms with Crippen molar-refractivity contribution >= 4 is 5.57 Å². The highest BCUT2D eigenvalue weighted by molar-refractivity contribution is 5.67. The Hall–Kier alpha value is -2.56. The van der Waals surface area contributed by atoms with E-state index in [0.717, 1.165) is 60.6 Å². The van der Waals surface area contributed by atoms with Crippen molar-refractivity contribution in [2.45, 2.75) is 88.8 Å². The summed E-state index contributed by atoms with van der Waals surface area (Å²) in [7, 11) is 0. The molecule has 0 aromatic heterocycles. The SMILES string of the molecule is C=CC1CCC(C2CCC(c3ccc(C4=CCC(c5ccc(OC(F)(F)F)cc5)CC4)c(F)c3)CC2)CC1. The molecule has 5 heteroatoms. The van der Waals surface area contributed by atoms with E-state index in [2.05, 4.69) is 29.5 Å². The zero-order valence-corrected chi connectivity index (χ0v) is 22.0. The molecule has 0 radical (unpaired) electrons. The molecule has 0 aliphatic heterocycles. The maximum atomic E-state index is 15.3. The highest BCUT2D eigenvalue weighted by Gasteiger charge is 2.32. The summed E-state index contributed by atoms with van der Waals surface area (Å²) in [5, 5.41) is 0. The molecule has 0 amide bonds. The molecule has 204 valence electrons. The van der Waals surface area contributed by atoms with Crippen molar-refractivity contribution in [3.05, 3.63) is 83.7 Å². The number of halogens is 4. The van der Waals surface area contributed by atoms with Gasteiger partial charge in [0.15, 0.2) is 0 Å². The predicted octanol–water partition coefficient (Wildman–Crippen LogP) is 10.3. The summed E-state index contributed by atoms with van der Waals surface area (Å²) in [6.07, 6.45) is 12.0. The standard InChI is InChI=1S/C33H38F4O/c1-2-22-3-5-23(6-4-22)24-7-9-27(10-8-24)29-17-20-31(32(34)21-29)28-13-11-25(12-14-28)26-15-18-30(19-16-26)38-33(35,36)37/h2,13,15-25,27H,1,3-12,14H2. The lowest BCUT2D eigenvalue weighted by Crippen LogP contribution is -2.25. The fourth-order valence-corrected chi connectivity index (χ4v) is 7.14. The Morgan fingerprint density at radius 1 is 0.763 bits per heavy atom. The number of hydrogen-bond acceptors (Lipinski definition) is 1. The topological polar surface area (TPSA) is 9.23 Å². The average molecular weight is 527 g/mol. The molecule has 0 N–H and O–H groups in total. The van der Waals surface area contributed by atoms with E-state index < -0.39 is 6.36 Å². The van der Waals surface area contributed by atoms with Crippen LogP contribution < -0.4 is 4.74 Å². The van der Waals surface area contributed by atoms with Crippen LogP contribution in [-0.4, -0.2) is 6.36 Å². The highest BCUT2D eigenvalue weighted by Crippen LogP contribution is 2.45. The second-order valence-corrected chi connectivity index (χ2v) is 11.6. The smallest absolute Gasteiger partial charge is 0.406 e. The molecule has 0 saturated heterocycles. The van der Waals surface area contributed by atoms with Gasteiger partial charge in [-0.1, -0.05) is 36.4 Å². The molecular formula is C33H38F4O. The van der Waals surface area contributed by atoms with Crippen molar-refractivity contribution in [2.24, 2.45) is 17.8 Å². The normalized spacial score (nSPS) is 28.4. The van der Waals surface area contributed by atoms with Gasteiger partial charge in [-0.25, -0.2) is 4.39 Å². The molecule has 1 atom stereocenters. The summed E-state index contributed by atoms with van der Waals surface area (Å²) in [4.78, 5) is 0. The van der Waals surface area contributed by atoms with Gasteiger partial charge in [-0.2, -0.15) is 0 Å². The number of ether oxygens (including phenoxy) is 1. The molecule has 2 aromatic rings. The summed E-state index contributed by atoms with van der Waals surface area (Å²) in [6, 6.07) is 12.0. The van der Waals surface area contributed by atoms with Crippen LogP contribution in [0.15, 0.2) is 61.2 Å². The van der Waals surface area contributed by atoms with Crippen LogP contribution in [0.2, 0.25) is 0 Å². The van der Waals surface area contributed by atoms with Gasteiger partial charge in [0.2, 0.25) is 0 Å². The molecule has 38 heavy (non-hydrogen) atoms. The number of rotatable bonds is 6. The average Bonchev–Trinajstić information content (AvgIpc) is 2.93. The van der Waals surface area contributed by atoms with E-state index in [9.17, 15) is 13.2 Å². The van der Waals surface area contributed by atoms with Gasteiger partial charge in [0.1, 0.15) is 11.6 Å². The van der Waals surface area contributed by atoms with Crippen molar-refractivity contribution in [1.29, 1.82) is 0 Å². The molecule has 0 bridgehead atoms. The van der Waals surface area contributed by atoms with Gasteiger partial charge in [0.25, 0.3) is 0 Å². The third kappa shape index (κ3) is 6.52. The van der Waals surface area contributed by atoms with E-state index in [0.29, 0.717) is 17.4 Å². The number of hydrogen-bond donors (Lipinski definition) is 0. The summed E-state index contributed by atoms with van der Waals surface area (Å²) in [6.45, 7) is 3.97. The van der Waals surface area contributed by atoms with Crippen molar-refractivity contribution in [2.75, 3.05) is 0 Å². The lowest BCUT2D eigenvalue weighted by atomic mass is 9.68. The summed E-state index contributed by atoms with van der Waals surface area (Å²) in [5.74, 6) is 2.72. The van der Waals surface area contributed by atoms with E-state index in [4.69, 9.17) is 0 Å². The summed E-state index contributed by atoms with van der Waals surface area (Å²) in [5.41, 5.74) is 3.83. The largest absolute Gasteiger partial charge is 0.573 e. The third-order valence-electron chi connectivity index (χ3n) is 9.39. The van der Waals surface area contributed by atoms with Gasteiger partial charge >= 0.3 is 6.36 Å².